The zero-order valence-electron chi connectivity index (χ0n) is 14.1. The molecule has 0 unspecified atom stereocenters. The predicted octanol–water partition coefficient (Wildman–Crippen LogP) is 3.18. The highest BCUT2D eigenvalue weighted by Crippen LogP contribution is 2.26. The summed E-state index contributed by atoms with van der Waals surface area (Å²) in [5.74, 6) is -2.60. The van der Waals surface area contributed by atoms with Gasteiger partial charge in [0.1, 0.15) is 6.04 Å². The van der Waals surface area contributed by atoms with Crippen molar-refractivity contribution in [3.63, 3.8) is 0 Å². The Bertz CT molecular complexity index is 843. The molecule has 0 aromatic heterocycles. The third-order valence-electron chi connectivity index (χ3n) is 4.30. The number of amides is 1. The van der Waals surface area contributed by atoms with Crippen molar-refractivity contribution >= 4 is 23.6 Å². The Morgan fingerprint density at radius 1 is 1.15 bits per heavy atom. The lowest BCUT2D eigenvalue weighted by Crippen LogP contribution is -2.49. The van der Waals surface area contributed by atoms with Crippen molar-refractivity contribution in [2.75, 3.05) is 12.9 Å². The van der Waals surface area contributed by atoms with Crippen LogP contribution in [0.15, 0.2) is 47.4 Å². The first-order valence-corrected chi connectivity index (χ1v) is 9.00. The van der Waals surface area contributed by atoms with Crippen molar-refractivity contribution in [2.24, 2.45) is 0 Å². The van der Waals surface area contributed by atoms with Crippen LogP contribution in [0.2, 0.25) is 0 Å². The van der Waals surface area contributed by atoms with Gasteiger partial charge in [-0.15, -0.1) is 11.8 Å². The van der Waals surface area contributed by atoms with Gasteiger partial charge in [-0.3, -0.25) is 4.79 Å². The minimum Gasteiger partial charge on any atom is -0.467 e. The van der Waals surface area contributed by atoms with E-state index in [1.165, 1.54) is 18.1 Å². The molecule has 0 bridgehead atoms. The molecule has 7 heteroatoms. The second kappa shape index (κ2) is 7.86. The number of carbonyl (C=O) groups excluding carboxylic acids is 2. The van der Waals surface area contributed by atoms with E-state index in [0.29, 0.717) is 17.9 Å². The van der Waals surface area contributed by atoms with Crippen LogP contribution in [0.4, 0.5) is 8.78 Å². The number of fused-ring (bicyclic) bond motifs is 1. The highest BCUT2D eigenvalue weighted by Gasteiger charge is 2.35. The molecule has 0 aliphatic carbocycles. The van der Waals surface area contributed by atoms with E-state index >= 15 is 0 Å². The average molecular weight is 377 g/mol. The van der Waals surface area contributed by atoms with Crippen LogP contribution in [0.1, 0.15) is 11.1 Å². The highest BCUT2D eigenvalue weighted by atomic mass is 32.2. The molecule has 1 atom stereocenters. The minimum atomic E-state index is -0.957. The molecule has 0 saturated carbocycles. The van der Waals surface area contributed by atoms with Gasteiger partial charge in [0.25, 0.3) is 0 Å². The number of hydrogen-bond donors (Lipinski definition) is 0. The van der Waals surface area contributed by atoms with Gasteiger partial charge in [0.15, 0.2) is 11.6 Å². The zero-order chi connectivity index (χ0) is 18.7. The largest absolute Gasteiger partial charge is 0.467 e. The molecule has 1 heterocycles. The van der Waals surface area contributed by atoms with Crippen molar-refractivity contribution in [3.8, 4) is 0 Å². The molecule has 2 aromatic rings. The Morgan fingerprint density at radius 2 is 1.88 bits per heavy atom. The molecule has 0 fully saturated rings. The first-order valence-electron chi connectivity index (χ1n) is 8.01. The summed E-state index contributed by atoms with van der Waals surface area (Å²) >= 11 is 1.10. The fourth-order valence-corrected chi connectivity index (χ4v) is 3.73. The molecule has 0 spiro atoms. The van der Waals surface area contributed by atoms with E-state index in [9.17, 15) is 18.4 Å². The second-order valence-electron chi connectivity index (χ2n) is 5.90. The Morgan fingerprint density at radius 3 is 2.58 bits per heavy atom. The van der Waals surface area contributed by atoms with E-state index in [-0.39, 0.29) is 11.7 Å². The maximum Gasteiger partial charge on any atom is 0.328 e. The van der Waals surface area contributed by atoms with Crippen molar-refractivity contribution < 1.29 is 23.1 Å². The van der Waals surface area contributed by atoms with Crippen LogP contribution < -0.4 is 0 Å². The average Bonchev–Trinajstić information content (AvgIpc) is 2.67. The summed E-state index contributed by atoms with van der Waals surface area (Å²) in [6.45, 7) is 0.313. The van der Waals surface area contributed by atoms with E-state index in [1.54, 1.807) is 0 Å². The van der Waals surface area contributed by atoms with Gasteiger partial charge in [-0.25, -0.2) is 13.6 Å². The van der Waals surface area contributed by atoms with Crippen LogP contribution in [0.5, 0.6) is 0 Å². The highest BCUT2D eigenvalue weighted by molar-refractivity contribution is 8.00. The van der Waals surface area contributed by atoms with Gasteiger partial charge in [0.2, 0.25) is 5.91 Å². The number of carbonyl (C=O) groups is 2. The van der Waals surface area contributed by atoms with Crippen LogP contribution in [0.3, 0.4) is 0 Å². The molecule has 136 valence electrons. The van der Waals surface area contributed by atoms with Gasteiger partial charge in [-0.2, -0.15) is 0 Å². The summed E-state index contributed by atoms with van der Waals surface area (Å²) in [6, 6.07) is 10.4. The second-order valence-corrected chi connectivity index (χ2v) is 6.95. The smallest absolute Gasteiger partial charge is 0.328 e. The quantitative estimate of drug-likeness (QED) is 0.607. The Hall–Kier alpha value is -2.41. The van der Waals surface area contributed by atoms with E-state index in [0.717, 1.165) is 35.0 Å². The summed E-state index contributed by atoms with van der Waals surface area (Å²) in [5, 5.41) is 0. The van der Waals surface area contributed by atoms with Crippen LogP contribution >= 0.6 is 11.8 Å². The molecule has 1 aliphatic rings. The molecular formula is C19H17F2NO3S. The zero-order valence-corrected chi connectivity index (χ0v) is 14.9. The number of esters is 1. The number of thioether (sulfide) groups is 1. The molecule has 0 radical (unpaired) electrons. The molecule has 3 rings (SSSR count). The van der Waals surface area contributed by atoms with Gasteiger partial charge >= 0.3 is 5.97 Å². The monoisotopic (exact) mass is 377 g/mol. The Kier molecular flexibility index (Phi) is 5.56. The number of hydrogen-bond acceptors (Lipinski definition) is 4. The van der Waals surface area contributed by atoms with Crippen LogP contribution in [-0.4, -0.2) is 35.7 Å². The molecule has 1 aliphatic heterocycles. The Balaban J connectivity index is 1.75. The van der Waals surface area contributed by atoms with Crippen molar-refractivity contribution in [1.82, 2.24) is 4.90 Å². The first-order chi connectivity index (χ1) is 12.5. The summed E-state index contributed by atoms with van der Waals surface area (Å²) in [6.07, 6.45) is 0.393. The maximum atomic E-state index is 13.3. The predicted molar refractivity (Wildman–Crippen MR) is 93.6 cm³/mol. The van der Waals surface area contributed by atoms with E-state index < -0.39 is 23.6 Å². The molecular weight excluding hydrogens is 360 g/mol. The fraction of sp³-hybridized carbons (Fsp3) is 0.263. The van der Waals surface area contributed by atoms with Gasteiger partial charge in [0.05, 0.1) is 12.9 Å². The fourth-order valence-electron chi connectivity index (χ4n) is 2.93. The van der Waals surface area contributed by atoms with Crippen LogP contribution in [0.25, 0.3) is 0 Å². The van der Waals surface area contributed by atoms with Gasteiger partial charge in [-0.1, -0.05) is 24.3 Å². The number of ether oxygens (including phenoxy) is 1. The van der Waals surface area contributed by atoms with E-state index in [1.807, 2.05) is 24.3 Å². The van der Waals surface area contributed by atoms with Crippen LogP contribution in [-0.2, 0) is 27.3 Å². The van der Waals surface area contributed by atoms with Crippen molar-refractivity contribution in [2.45, 2.75) is 23.9 Å². The lowest BCUT2D eigenvalue weighted by Gasteiger charge is -2.35. The number of rotatable bonds is 4. The summed E-state index contributed by atoms with van der Waals surface area (Å²) < 4.78 is 31.1. The Labute approximate surface area is 154 Å². The standard InChI is InChI=1S/C19H17F2NO3S/c1-25-19(24)17-8-12-4-2-3-5-13(12)10-22(17)18(23)11-26-14-6-7-15(20)16(21)9-14/h2-7,9,17H,8,10-11H2,1H3/t17-/m0/s1. The normalized spacial score (nSPS) is 16.1. The topological polar surface area (TPSA) is 46.6 Å². The molecule has 26 heavy (non-hydrogen) atoms. The first kappa shape index (κ1) is 18.4. The van der Waals surface area contributed by atoms with E-state index in [4.69, 9.17) is 4.74 Å². The van der Waals surface area contributed by atoms with Crippen molar-refractivity contribution in [3.05, 3.63) is 65.2 Å². The van der Waals surface area contributed by atoms with Gasteiger partial charge in [-0.05, 0) is 29.3 Å². The summed E-state index contributed by atoms with van der Waals surface area (Å²) in [4.78, 5) is 26.8. The third kappa shape index (κ3) is 3.88. The van der Waals surface area contributed by atoms with Gasteiger partial charge < -0.3 is 9.64 Å². The molecule has 0 N–H and O–H groups in total. The molecule has 0 saturated heterocycles. The van der Waals surface area contributed by atoms with Gasteiger partial charge in [0, 0.05) is 17.9 Å². The van der Waals surface area contributed by atoms with Crippen molar-refractivity contribution in [1.29, 1.82) is 0 Å². The molecule has 2 aromatic carbocycles. The van der Waals surface area contributed by atoms with Crippen LogP contribution in [0, 0.1) is 11.6 Å². The lowest BCUT2D eigenvalue weighted by atomic mass is 9.94. The number of halogens is 2. The third-order valence-corrected chi connectivity index (χ3v) is 5.27. The van der Waals surface area contributed by atoms with E-state index in [2.05, 4.69) is 0 Å². The number of methoxy groups -OCH3 is 1. The lowest BCUT2D eigenvalue weighted by molar-refractivity contribution is -0.153. The number of benzene rings is 2. The summed E-state index contributed by atoms with van der Waals surface area (Å²) in [7, 11) is 1.29. The number of nitrogens with zero attached hydrogens (tertiary/aromatic N) is 1. The minimum absolute atomic E-state index is 0.0146. The summed E-state index contributed by atoms with van der Waals surface area (Å²) in [5.41, 5.74) is 2.00. The maximum absolute atomic E-state index is 13.3. The molecule has 4 nitrogen and oxygen atoms in total. The SMILES string of the molecule is COC(=O)[C@@H]1Cc2ccccc2CN1C(=O)CSc1ccc(F)c(F)c1. The molecule has 1 amide bonds.